The third-order valence-corrected chi connectivity index (χ3v) is 4.34. The van der Waals surface area contributed by atoms with Crippen LogP contribution < -0.4 is 4.72 Å². The van der Waals surface area contributed by atoms with Crippen molar-refractivity contribution in [2.75, 3.05) is 7.11 Å². The van der Waals surface area contributed by atoms with E-state index in [2.05, 4.69) is 9.46 Å². The first-order valence-corrected chi connectivity index (χ1v) is 7.80. The van der Waals surface area contributed by atoms with Crippen LogP contribution in [0.15, 0.2) is 29.2 Å². The molecule has 1 aromatic rings. The highest BCUT2D eigenvalue weighted by Gasteiger charge is 2.36. The Morgan fingerprint density at radius 2 is 1.95 bits per heavy atom. The first kappa shape index (κ1) is 16.9. The maximum absolute atomic E-state index is 12.3. The first-order chi connectivity index (χ1) is 9.08. The molecular weight excluding hydrogens is 302 g/mol. The van der Waals surface area contributed by atoms with Gasteiger partial charge in [-0.2, -0.15) is 4.72 Å². The normalized spacial score (nSPS) is 13.8. The van der Waals surface area contributed by atoms with Gasteiger partial charge in [0.2, 0.25) is 10.0 Å². The number of sulfonamides is 1. The number of rotatable bonds is 4. The van der Waals surface area contributed by atoms with Crippen molar-refractivity contribution < 1.29 is 17.9 Å². The molecule has 1 aromatic carbocycles. The molecule has 5 nitrogen and oxygen atoms in total. The molecule has 0 aliphatic heterocycles. The van der Waals surface area contributed by atoms with Crippen LogP contribution in [0.4, 0.5) is 0 Å². The summed E-state index contributed by atoms with van der Waals surface area (Å²) >= 11 is 5.78. The van der Waals surface area contributed by atoms with E-state index in [0.29, 0.717) is 5.02 Å². The molecule has 0 fully saturated rings. The SMILES string of the molecule is COC(=O)C(NS(=O)(=O)c1cccc(Cl)c1)C(C)(C)C. The summed E-state index contributed by atoms with van der Waals surface area (Å²) in [6.07, 6.45) is 0. The molecule has 0 radical (unpaired) electrons. The zero-order chi connectivity index (χ0) is 15.6. The van der Waals surface area contributed by atoms with Gasteiger partial charge in [0.25, 0.3) is 0 Å². The van der Waals surface area contributed by atoms with E-state index < -0.39 is 27.4 Å². The second kappa shape index (κ2) is 6.11. The van der Waals surface area contributed by atoms with Crippen molar-refractivity contribution in [3.63, 3.8) is 0 Å². The quantitative estimate of drug-likeness (QED) is 0.864. The van der Waals surface area contributed by atoms with Crippen molar-refractivity contribution in [1.29, 1.82) is 0 Å². The van der Waals surface area contributed by atoms with Gasteiger partial charge in [-0.3, -0.25) is 4.79 Å². The maximum Gasteiger partial charge on any atom is 0.324 e. The maximum atomic E-state index is 12.3. The van der Waals surface area contributed by atoms with Crippen molar-refractivity contribution in [2.24, 2.45) is 5.41 Å². The molecule has 1 atom stereocenters. The Morgan fingerprint density at radius 3 is 2.40 bits per heavy atom. The molecular formula is C13H18ClNO4S. The Bertz CT molecular complexity index is 593. The van der Waals surface area contributed by atoms with Gasteiger partial charge < -0.3 is 4.74 Å². The smallest absolute Gasteiger partial charge is 0.324 e. The fraction of sp³-hybridized carbons (Fsp3) is 0.462. The van der Waals surface area contributed by atoms with Crippen molar-refractivity contribution in [3.8, 4) is 0 Å². The van der Waals surface area contributed by atoms with Gasteiger partial charge >= 0.3 is 5.97 Å². The van der Waals surface area contributed by atoms with Gasteiger partial charge in [-0.05, 0) is 23.6 Å². The number of halogens is 1. The number of nitrogens with one attached hydrogen (secondary N) is 1. The van der Waals surface area contributed by atoms with Crippen LogP contribution in [0.3, 0.4) is 0 Å². The minimum absolute atomic E-state index is 0.00292. The lowest BCUT2D eigenvalue weighted by Gasteiger charge is -2.28. The molecule has 1 rings (SSSR count). The van der Waals surface area contributed by atoms with Crippen molar-refractivity contribution in [3.05, 3.63) is 29.3 Å². The molecule has 0 aromatic heterocycles. The number of carbonyl (C=O) groups is 1. The fourth-order valence-corrected chi connectivity index (χ4v) is 3.24. The lowest BCUT2D eigenvalue weighted by Crippen LogP contribution is -2.49. The Kier molecular flexibility index (Phi) is 5.18. The molecule has 0 heterocycles. The van der Waals surface area contributed by atoms with E-state index in [1.165, 1.54) is 25.3 Å². The van der Waals surface area contributed by atoms with Crippen molar-refractivity contribution >= 4 is 27.6 Å². The summed E-state index contributed by atoms with van der Waals surface area (Å²) in [6.45, 7) is 5.24. The average Bonchev–Trinajstić information content (AvgIpc) is 2.34. The number of hydrogen-bond donors (Lipinski definition) is 1. The molecule has 0 bridgehead atoms. The van der Waals surface area contributed by atoms with Gasteiger partial charge in [0.15, 0.2) is 0 Å². The summed E-state index contributed by atoms with van der Waals surface area (Å²) in [7, 11) is -2.64. The Labute approximate surface area is 124 Å². The first-order valence-electron chi connectivity index (χ1n) is 5.93. The fourth-order valence-electron chi connectivity index (χ4n) is 1.55. The predicted octanol–water partition coefficient (Wildman–Crippen LogP) is 2.21. The summed E-state index contributed by atoms with van der Waals surface area (Å²) < 4.78 is 31.6. The van der Waals surface area contributed by atoms with Gasteiger partial charge in [-0.25, -0.2) is 8.42 Å². The highest BCUT2D eigenvalue weighted by molar-refractivity contribution is 7.89. The van der Waals surface area contributed by atoms with Crippen LogP contribution in [-0.2, 0) is 19.6 Å². The Hall–Kier alpha value is -1.11. The van der Waals surface area contributed by atoms with Gasteiger partial charge in [0, 0.05) is 5.02 Å². The molecule has 0 saturated carbocycles. The highest BCUT2D eigenvalue weighted by Crippen LogP contribution is 2.23. The van der Waals surface area contributed by atoms with E-state index in [1.807, 2.05) is 0 Å². The molecule has 0 aliphatic carbocycles. The van der Waals surface area contributed by atoms with E-state index in [0.717, 1.165) is 0 Å². The summed E-state index contributed by atoms with van der Waals surface area (Å²) in [6, 6.07) is 4.84. The van der Waals surface area contributed by atoms with E-state index in [-0.39, 0.29) is 4.90 Å². The number of hydrogen-bond acceptors (Lipinski definition) is 4. The van der Waals surface area contributed by atoms with Crippen LogP contribution in [0.2, 0.25) is 5.02 Å². The van der Waals surface area contributed by atoms with E-state index in [9.17, 15) is 13.2 Å². The molecule has 1 unspecified atom stereocenters. The molecule has 1 N–H and O–H groups in total. The predicted molar refractivity (Wildman–Crippen MR) is 77.0 cm³/mol. The lowest BCUT2D eigenvalue weighted by molar-refractivity contribution is -0.145. The van der Waals surface area contributed by atoms with E-state index in [1.54, 1.807) is 26.8 Å². The zero-order valence-corrected chi connectivity index (χ0v) is 13.4. The third kappa shape index (κ3) is 4.19. The molecule has 20 heavy (non-hydrogen) atoms. The standard InChI is InChI=1S/C13H18ClNO4S/c1-13(2,3)11(12(16)19-4)15-20(17,18)10-7-5-6-9(14)8-10/h5-8,11,15H,1-4H3. The molecule has 0 aliphatic rings. The van der Waals surface area contributed by atoms with Gasteiger partial charge in [-0.1, -0.05) is 38.4 Å². The molecule has 7 heteroatoms. The average molecular weight is 320 g/mol. The highest BCUT2D eigenvalue weighted by atomic mass is 35.5. The second-order valence-electron chi connectivity index (χ2n) is 5.40. The lowest BCUT2D eigenvalue weighted by atomic mass is 9.87. The summed E-state index contributed by atoms with van der Waals surface area (Å²) in [5, 5.41) is 0.304. The largest absolute Gasteiger partial charge is 0.468 e. The van der Waals surface area contributed by atoms with Gasteiger partial charge in [0.05, 0.1) is 12.0 Å². The second-order valence-corrected chi connectivity index (χ2v) is 7.55. The minimum Gasteiger partial charge on any atom is -0.468 e. The van der Waals surface area contributed by atoms with Crippen LogP contribution >= 0.6 is 11.6 Å². The number of methoxy groups -OCH3 is 1. The summed E-state index contributed by atoms with van der Waals surface area (Å²) in [4.78, 5) is 11.8. The molecule has 112 valence electrons. The van der Waals surface area contributed by atoms with E-state index in [4.69, 9.17) is 11.6 Å². The number of carbonyl (C=O) groups excluding carboxylic acids is 1. The van der Waals surface area contributed by atoms with Gasteiger partial charge in [-0.15, -0.1) is 0 Å². The number of esters is 1. The van der Waals surface area contributed by atoms with Crippen molar-refractivity contribution in [1.82, 2.24) is 4.72 Å². The molecule has 0 spiro atoms. The van der Waals surface area contributed by atoms with Crippen LogP contribution in [0, 0.1) is 5.41 Å². The van der Waals surface area contributed by atoms with Crippen molar-refractivity contribution in [2.45, 2.75) is 31.7 Å². The van der Waals surface area contributed by atoms with Crippen LogP contribution in [-0.4, -0.2) is 27.5 Å². The number of ether oxygens (including phenoxy) is 1. The minimum atomic E-state index is -3.86. The van der Waals surface area contributed by atoms with E-state index >= 15 is 0 Å². The third-order valence-electron chi connectivity index (χ3n) is 2.68. The summed E-state index contributed by atoms with van der Waals surface area (Å²) in [5.41, 5.74) is -0.626. The van der Waals surface area contributed by atoms with Crippen LogP contribution in [0.5, 0.6) is 0 Å². The molecule has 0 amide bonds. The Balaban J connectivity index is 3.13. The van der Waals surface area contributed by atoms with Crippen LogP contribution in [0.1, 0.15) is 20.8 Å². The van der Waals surface area contributed by atoms with Crippen LogP contribution in [0.25, 0.3) is 0 Å². The summed E-state index contributed by atoms with van der Waals surface area (Å²) in [5.74, 6) is -0.636. The molecule has 0 saturated heterocycles. The monoisotopic (exact) mass is 319 g/mol. The topological polar surface area (TPSA) is 72.5 Å². The zero-order valence-electron chi connectivity index (χ0n) is 11.8. The number of benzene rings is 1. The van der Waals surface area contributed by atoms with Gasteiger partial charge in [0.1, 0.15) is 6.04 Å². The Morgan fingerprint density at radius 1 is 1.35 bits per heavy atom.